The standard InChI is InChI=1S/C12H23NO2/c1-10(2)7-12(14)3-5-13(6-4-12)11-8-15-9-11/h10-11,14H,3-9H2,1-2H3. The van der Waals surface area contributed by atoms with Gasteiger partial charge in [0.1, 0.15) is 0 Å². The second-order valence-corrected chi connectivity index (χ2v) is 5.55. The molecule has 0 radical (unpaired) electrons. The van der Waals surface area contributed by atoms with Crippen LogP contribution >= 0.6 is 0 Å². The lowest BCUT2D eigenvalue weighted by Gasteiger charge is -2.44. The van der Waals surface area contributed by atoms with Crippen LogP contribution in [-0.2, 0) is 4.74 Å². The molecule has 2 aliphatic rings. The average molecular weight is 213 g/mol. The van der Waals surface area contributed by atoms with Crippen molar-refractivity contribution in [2.45, 2.75) is 44.8 Å². The third-order valence-corrected chi connectivity index (χ3v) is 3.65. The van der Waals surface area contributed by atoms with Gasteiger partial charge in [-0.25, -0.2) is 0 Å². The first-order valence-corrected chi connectivity index (χ1v) is 6.13. The molecule has 0 aliphatic carbocycles. The number of rotatable bonds is 3. The van der Waals surface area contributed by atoms with Gasteiger partial charge >= 0.3 is 0 Å². The second-order valence-electron chi connectivity index (χ2n) is 5.55. The molecule has 0 unspecified atom stereocenters. The normalized spacial score (nSPS) is 28.0. The molecule has 0 saturated carbocycles. The zero-order valence-electron chi connectivity index (χ0n) is 9.91. The molecule has 0 aromatic carbocycles. The molecule has 0 spiro atoms. The minimum atomic E-state index is -0.394. The third kappa shape index (κ3) is 2.71. The van der Waals surface area contributed by atoms with Crippen LogP contribution in [0.1, 0.15) is 33.1 Å². The van der Waals surface area contributed by atoms with Crippen LogP contribution in [0.5, 0.6) is 0 Å². The summed E-state index contributed by atoms with van der Waals surface area (Å²) in [5.41, 5.74) is -0.394. The van der Waals surface area contributed by atoms with Gasteiger partial charge in [-0.15, -0.1) is 0 Å². The van der Waals surface area contributed by atoms with Crippen molar-refractivity contribution in [3.63, 3.8) is 0 Å². The zero-order valence-corrected chi connectivity index (χ0v) is 9.91. The maximum Gasteiger partial charge on any atom is 0.0674 e. The minimum Gasteiger partial charge on any atom is -0.390 e. The Bertz CT molecular complexity index is 206. The molecular weight excluding hydrogens is 190 g/mol. The van der Waals surface area contributed by atoms with E-state index in [1.54, 1.807) is 0 Å². The molecule has 0 bridgehead atoms. The number of hydrogen-bond acceptors (Lipinski definition) is 3. The first-order valence-electron chi connectivity index (χ1n) is 6.13. The predicted octanol–water partition coefficient (Wildman–Crippen LogP) is 1.26. The van der Waals surface area contributed by atoms with E-state index in [9.17, 15) is 5.11 Å². The van der Waals surface area contributed by atoms with E-state index in [0.29, 0.717) is 12.0 Å². The number of piperidine rings is 1. The Balaban J connectivity index is 1.79. The van der Waals surface area contributed by atoms with E-state index in [1.807, 2.05) is 0 Å². The largest absolute Gasteiger partial charge is 0.390 e. The van der Waals surface area contributed by atoms with E-state index >= 15 is 0 Å². The van der Waals surface area contributed by atoms with E-state index in [-0.39, 0.29) is 0 Å². The third-order valence-electron chi connectivity index (χ3n) is 3.65. The van der Waals surface area contributed by atoms with E-state index < -0.39 is 5.60 Å². The molecule has 1 N–H and O–H groups in total. The summed E-state index contributed by atoms with van der Waals surface area (Å²) in [6.45, 7) is 8.23. The SMILES string of the molecule is CC(C)CC1(O)CCN(C2COC2)CC1. The summed E-state index contributed by atoms with van der Waals surface area (Å²) in [4.78, 5) is 2.47. The van der Waals surface area contributed by atoms with Gasteiger partial charge < -0.3 is 9.84 Å². The summed E-state index contributed by atoms with van der Waals surface area (Å²) in [5.74, 6) is 0.591. The molecule has 2 saturated heterocycles. The van der Waals surface area contributed by atoms with Gasteiger partial charge in [-0.2, -0.15) is 0 Å². The Morgan fingerprint density at radius 1 is 1.33 bits per heavy atom. The van der Waals surface area contributed by atoms with Gasteiger partial charge in [-0.05, 0) is 25.2 Å². The van der Waals surface area contributed by atoms with Crippen LogP contribution in [0.2, 0.25) is 0 Å². The molecule has 0 atom stereocenters. The molecule has 0 aromatic rings. The Hall–Kier alpha value is -0.120. The van der Waals surface area contributed by atoms with Crippen LogP contribution in [0, 0.1) is 5.92 Å². The number of likely N-dealkylation sites (tertiary alicyclic amines) is 1. The molecule has 0 aromatic heterocycles. The highest BCUT2D eigenvalue weighted by Gasteiger charge is 2.36. The second kappa shape index (κ2) is 4.40. The monoisotopic (exact) mass is 213 g/mol. The van der Waals surface area contributed by atoms with Crippen molar-refractivity contribution < 1.29 is 9.84 Å². The van der Waals surface area contributed by atoms with Crippen molar-refractivity contribution in [1.29, 1.82) is 0 Å². The van der Waals surface area contributed by atoms with Crippen LogP contribution in [0.15, 0.2) is 0 Å². The van der Waals surface area contributed by atoms with Crippen molar-refractivity contribution in [3.05, 3.63) is 0 Å². The Kier molecular flexibility index (Phi) is 3.33. The Morgan fingerprint density at radius 2 is 1.93 bits per heavy atom. The average Bonchev–Trinajstić information content (AvgIpc) is 2.04. The van der Waals surface area contributed by atoms with Crippen LogP contribution in [0.3, 0.4) is 0 Å². The van der Waals surface area contributed by atoms with Crippen LogP contribution in [0.4, 0.5) is 0 Å². The summed E-state index contributed by atoms with van der Waals surface area (Å²) in [6, 6.07) is 0.633. The van der Waals surface area contributed by atoms with E-state index in [2.05, 4.69) is 18.7 Å². The molecular formula is C12H23NO2. The Morgan fingerprint density at radius 3 is 2.33 bits per heavy atom. The van der Waals surface area contributed by atoms with Crippen molar-refractivity contribution in [2.75, 3.05) is 26.3 Å². The molecule has 88 valence electrons. The fourth-order valence-electron chi connectivity index (χ4n) is 2.70. The molecule has 3 nitrogen and oxygen atoms in total. The Labute approximate surface area is 92.4 Å². The van der Waals surface area contributed by atoms with Crippen LogP contribution < -0.4 is 0 Å². The molecule has 2 rings (SSSR count). The number of nitrogens with zero attached hydrogens (tertiary/aromatic N) is 1. The zero-order chi connectivity index (χ0) is 10.9. The maximum atomic E-state index is 10.4. The fourth-order valence-corrected chi connectivity index (χ4v) is 2.70. The van der Waals surface area contributed by atoms with Gasteiger partial charge in [0, 0.05) is 13.1 Å². The van der Waals surface area contributed by atoms with Crippen molar-refractivity contribution in [3.8, 4) is 0 Å². The van der Waals surface area contributed by atoms with Crippen LogP contribution in [-0.4, -0.2) is 48.0 Å². The summed E-state index contributed by atoms with van der Waals surface area (Å²) in [7, 11) is 0. The van der Waals surface area contributed by atoms with E-state index in [1.165, 1.54) is 0 Å². The first-order chi connectivity index (χ1) is 7.09. The van der Waals surface area contributed by atoms with Gasteiger partial charge in [0.25, 0.3) is 0 Å². The summed E-state index contributed by atoms with van der Waals surface area (Å²) < 4.78 is 5.20. The number of hydrogen-bond donors (Lipinski definition) is 1. The lowest BCUT2D eigenvalue weighted by atomic mass is 9.83. The molecule has 0 amide bonds. The van der Waals surface area contributed by atoms with Gasteiger partial charge in [-0.3, -0.25) is 4.90 Å². The molecule has 15 heavy (non-hydrogen) atoms. The quantitative estimate of drug-likeness (QED) is 0.766. The number of aliphatic hydroxyl groups is 1. The topological polar surface area (TPSA) is 32.7 Å². The molecule has 3 heteroatoms. The highest BCUT2D eigenvalue weighted by molar-refractivity contribution is 4.90. The van der Waals surface area contributed by atoms with Crippen molar-refractivity contribution in [2.24, 2.45) is 5.92 Å². The summed E-state index contributed by atoms with van der Waals surface area (Å²) >= 11 is 0. The smallest absolute Gasteiger partial charge is 0.0674 e. The number of ether oxygens (including phenoxy) is 1. The molecule has 2 heterocycles. The van der Waals surface area contributed by atoms with Gasteiger partial charge in [0.2, 0.25) is 0 Å². The van der Waals surface area contributed by atoms with Gasteiger partial charge in [0.15, 0.2) is 0 Å². The van der Waals surface area contributed by atoms with Crippen molar-refractivity contribution >= 4 is 0 Å². The van der Waals surface area contributed by atoms with Gasteiger partial charge in [0.05, 0.1) is 24.9 Å². The highest BCUT2D eigenvalue weighted by Crippen LogP contribution is 2.30. The van der Waals surface area contributed by atoms with E-state index in [0.717, 1.165) is 45.6 Å². The summed E-state index contributed by atoms with van der Waals surface area (Å²) in [5, 5.41) is 10.4. The molecule has 2 aliphatic heterocycles. The fraction of sp³-hybridized carbons (Fsp3) is 1.00. The van der Waals surface area contributed by atoms with Crippen molar-refractivity contribution in [1.82, 2.24) is 4.90 Å². The first kappa shape index (κ1) is 11.4. The lowest BCUT2D eigenvalue weighted by molar-refractivity contribution is -0.103. The summed E-state index contributed by atoms with van der Waals surface area (Å²) in [6.07, 6.45) is 2.81. The minimum absolute atomic E-state index is 0.394. The maximum absolute atomic E-state index is 10.4. The van der Waals surface area contributed by atoms with Crippen LogP contribution in [0.25, 0.3) is 0 Å². The van der Waals surface area contributed by atoms with E-state index in [4.69, 9.17) is 4.74 Å². The lowest BCUT2D eigenvalue weighted by Crippen LogP contribution is -2.55. The highest BCUT2D eigenvalue weighted by atomic mass is 16.5. The van der Waals surface area contributed by atoms with Gasteiger partial charge in [-0.1, -0.05) is 13.8 Å². The predicted molar refractivity (Wildman–Crippen MR) is 59.8 cm³/mol. The molecule has 2 fully saturated rings.